The summed E-state index contributed by atoms with van der Waals surface area (Å²) in [5.41, 5.74) is 7.32. The average molecular weight is 350 g/mol. The van der Waals surface area contributed by atoms with Crippen LogP contribution >= 0.6 is 11.8 Å². The Kier molecular flexibility index (Phi) is 4.52. The molecule has 0 amide bonds. The minimum Gasteiger partial charge on any atom is -0.497 e. The van der Waals surface area contributed by atoms with Crippen LogP contribution in [0.15, 0.2) is 53.4 Å². The number of methoxy groups -OCH3 is 1. The largest absolute Gasteiger partial charge is 0.497 e. The molecule has 1 aliphatic heterocycles. The second kappa shape index (κ2) is 6.43. The molecule has 0 radical (unpaired) electrons. The van der Waals surface area contributed by atoms with Crippen molar-refractivity contribution in [2.45, 2.75) is 10.3 Å². The summed E-state index contributed by atoms with van der Waals surface area (Å²) < 4.78 is 32.5. The molecule has 0 bridgehead atoms. The van der Waals surface area contributed by atoms with E-state index in [0.717, 1.165) is 11.3 Å². The monoisotopic (exact) mass is 350 g/mol. The lowest BCUT2D eigenvalue weighted by Crippen LogP contribution is -2.30. The van der Waals surface area contributed by atoms with Crippen molar-refractivity contribution in [3.8, 4) is 5.75 Å². The van der Waals surface area contributed by atoms with E-state index in [0.29, 0.717) is 18.0 Å². The van der Waals surface area contributed by atoms with Gasteiger partial charge in [0, 0.05) is 18.0 Å². The van der Waals surface area contributed by atoms with Gasteiger partial charge in [0.05, 0.1) is 17.4 Å². The predicted octanol–water partition coefficient (Wildman–Crippen LogP) is 2.71. The summed E-state index contributed by atoms with van der Waals surface area (Å²) in [6.45, 7) is 0.494. The van der Waals surface area contributed by atoms with Crippen LogP contribution in [0.2, 0.25) is 0 Å². The van der Waals surface area contributed by atoms with E-state index in [9.17, 15) is 8.42 Å². The van der Waals surface area contributed by atoms with E-state index in [1.54, 1.807) is 59.6 Å². The fraction of sp³-hybridized carbons (Fsp3) is 0.250. The molecule has 1 aliphatic rings. The number of hydrogen-bond donors (Lipinski definition) is 1. The molecule has 2 aromatic rings. The zero-order chi connectivity index (χ0) is 16.4. The van der Waals surface area contributed by atoms with Crippen LogP contribution < -0.4 is 10.5 Å². The lowest BCUT2D eigenvalue weighted by Gasteiger charge is -2.23. The maximum Gasteiger partial charge on any atom is 0.244 e. The second-order valence-corrected chi connectivity index (χ2v) is 8.26. The van der Waals surface area contributed by atoms with E-state index in [1.807, 2.05) is 12.1 Å². The van der Waals surface area contributed by atoms with Crippen molar-refractivity contribution < 1.29 is 13.2 Å². The van der Waals surface area contributed by atoms with Gasteiger partial charge in [-0.1, -0.05) is 12.1 Å². The summed E-state index contributed by atoms with van der Waals surface area (Å²) in [5.74, 6) is 1.40. The Labute approximate surface area is 140 Å². The van der Waals surface area contributed by atoms with Gasteiger partial charge in [0.2, 0.25) is 10.0 Å². The van der Waals surface area contributed by atoms with E-state index >= 15 is 0 Å². The molecule has 1 heterocycles. The van der Waals surface area contributed by atoms with E-state index in [-0.39, 0.29) is 10.3 Å². The Morgan fingerprint density at radius 3 is 2.39 bits per heavy atom. The predicted molar refractivity (Wildman–Crippen MR) is 92.9 cm³/mol. The van der Waals surface area contributed by atoms with E-state index in [2.05, 4.69) is 0 Å². The number of nitrogens with two attached hydrogens (primary N) is 1. The number of nitrogen functional groups attached to an aromatic ring is 1. The molecule has 2 aromatic carbocycles. The number of benzene rings is 2. The first-order valence-electron chi connectivity index (χ1n) is 7.15. The summed E-state index contributed by atoms with van der Waals surface area (Å²) in [7, 11) is -1.99. The Bertz CT molecular complexity index is 774. The van der Waals surface area contributed by atoms with Crippen LogP contribution in [-0.2, 0) is 10.0 Å². The van der Waals surface area contributed by atoms with Gasteiger partial charge in [-0.05, 0) is 42.0 Å². The number of ether oxygens (including phenoxy) is 1. The number of nitrogens with zero attached hydrogens (tertiary/aromatic N) is 1. The highest BCUT2D eigenvalue weighted by atomic mass is 32.2. The first-order valence-corrected chi connectivity index (χ1v) is 9.64. The minimum absolute atomic E-state index is 0.220. The molecule has 122 valence electrons. The van der Waals surface area contributed by atoms with Gasteiger partial charge in [-0.2, -0.15) is 4.31 Å². The molecule has 0 aliphatic carbocycles. The summed E-state index contributed by atoms with van der Waals surface area (Å²) in [6, 6.07) is 13.8. The van der Waals surface area contributed by atoms with Crippen molar-refractivity contribution in [2.24, 2.45) is 0 Å². The topological polar surface area (TPSA) is 72.6 Å². The highest BCUT2D eigenvalue weighted by Gasteiger charge is 2.36. The van der Waals surface area contributed by atoms with Crippen LogP contribution in [-0.4, -0.2) is 32.1 Å². The third-order valence-corrected chi connectivity index (χ3v) is 7.01. The third-order valence-electron chi connectivity index (χ3n) is 3.74. The smallest absolute Gasteiger partial charge is 0.244 e. The van der Waals surface area contributed by atoms with Crippen LogP contribution in [0.5, 0.6) is 5.75 Å². The Balaban J connectivity index is 1.92. The van der Waals surface area contributed by atoms with Gasteiger partial charge < -0.3 is 10.5 Å². The standard InChI is InChI=1S/C16H18N2O3S2/c1-21-14-6-8-15(9-7-14)23(19,20)18-10-11-22-16(18)12-2-4-13(17)5-3-12/h2-9,16H,10-11,17H2,1H3/t16-/m1/s1. The zero-order valence-corrected chi connectivity index (χ0v) is 14.3. The van der Waals surface area contributed by atoms with Crippen LogP contribution in [0.4, 0.5) is 5.69 Å². The molecule has 1 fully saturated rings. The Morgan fingerprint density at radius 1 is 1.13 bits per heavy atom. The zero-order valence-electron chi connectivity index (χ0n) is 12.7. The SMILES string of the molecule is COc1ccc(S(=O)(=O)N2CCS[C@@H]2c2ccc(N)cc2)cc1. The second-order valence-electron chi connectivity index (χ2n) is 5.18. The maximum absolute atomic E-state index is 12.9. The van der Waals surface area contributed by atoms with Crippen LogP contribution in [0, 0.1) is 0 Å². The number of anilines is 1. The Morgan fingerprint density at radius 2 is 1.78 bits per heavy atom. The summed E-state index contributed by atoms with van der Waals surface area (Å²) in [6.07, 6.45) is 0. The van der Waals surface area contributed by atoms with Crippen molar-refractivity contribution in [1.82, 2.24) is 4.31 Å². The maximum atomic E-state index is 12.9. The minimum atomic E-state index is -3.55. The molecule has 5 nitrogen and oxygen atoms in total. The summed E-state index contributed by atoms with van der Waals surface area (Å²) in [5, 5.41) is -0.220. The average Bonchev–Trinajstić information content (AvgIpc) is 3.06. The van der Waals surface area contributed by atoms with E-state index in [1.165, 1.54) is 0 Å². The van der Waals surface area contributed by atoms with Crippen molar-refractivity contribution in [3.05, 3.63) is 54.1 Å². The molecule has 0 unspecified atom stereocenters. The van der Waals surface area contributed by atoms with Gasteiger partial charge >= 0.3 is 0 Å². The van der Waals surface area contributed by atoms with Gasteiger partial charge in [0.25, 0.3) is 0 Å². The van der Waals surface area contributed by atoms with E-state index < -0.39 is 10.0 Å². The molecule has 0 saturated carbocycles. The molecule has 2 N–H and O–H groups in total. The molecular formula is C16H18N2O3S2. The normalized spacial score (nSPS) is 18.9. The van der Waals surface area contributed by atoms with Gasteiger partial charge in [-0.15, -0.1) is 11.8 Å². The van der Waals surface area contributed by atoms with Crippen molar-refractivity contribution >= 4 is 27.5 Å². The first kappa shape index (κ1) is 16.2. The number of hydrogen-bond acceptors (Lipinski definition) is 5. The number of rotatable bonds is 4. The molecule has 0 aromatic heterocycles. The summed E-state index contributed by atoms with van der Waals surface area (Å²) in [4.78, 5) is 0.279. The van der Waals surface area contributed by atoms with E-state index in [4.69, 9.17) is 10.5 Å². The van der Waals surface area contributed by atoms with Gasteiger partial charge in [0.15, 0.2) is 0 Å². The number of sulfonamides is 1. The molecule has 7 heteroatoms. The van der Waals surface area contributed by atoms with Crippen molar-refractivity contribution in [3.63, 3.8) is 0 Å². The third kappa shape index (κ3) is 3.17. The lowest BCUT2D eigenvalue weighted by molar-refractivity contribution is 0.414. The number of thioether (sulfide) groups is 1. The summed E-state index contributed by atoms with van der Waals surface area (Å²) >= 11 is 1.62. The first-order chi connectivity index (χ1) is 11.0. The van der Waals surface area contributed by atoms with Crippen LogP contribution in [0.3, 0.4) is 0 Å². The van der Waals surface area contributed by atoms with Gasteiger partial charge in [-0.25, -0.2) is 8.42 Å². The highest BCUT2D eigenvalue weighted by Crippen LogP contribution is 2.41. The molecule has 3 rings (SSSR count). The Hall–Kier alpha value is -1.70. The molecule has 1 saturated heterocycles. The molecular weight excluding hydrogens is 332 g/mol. The fourth-order valence-corrected chi connectivity index (χ4v) is 5.75. The van der Waals surface area contributed by atoms with Gasteiger partial charge in [0.1, 0.15) is 5.75 Å². The fourth-order valence-electron chi connectivity index (χ4n) is 2.51. The molecule has 1 atom stereocenters. The quantitative estimate of drug-likeness (QED) is 0.859. The lowest BCUT2D eigenvalue weighted by atomic mass is 10.2. The molecule has 0 spiro atoms. The highest BCUT2D eigenvalue weighted by molar-refractivity contribution is 8.01. The van der Waals surface area contributed by atoms with Gasteiger partial charge in [-0.3, -0.25) is 0 Å². The van der Waals surface area contributed by atoms with Crippen LogP contribution in [0.1, 0.15) is 10.9 Å². The molecule has 23 heavy (non-hydrogen) atoms. The van der Waals surface area contributed by atoms with Crippen molar-refractivity contribution in [2.75, 3.05) is 25.1 Å². The van der Waals surface area contributed by atoms with Crippen LogP contribution in [0.25, 0.3) is 0 Å². The van der Waals surface area contributed by atoms with Crippen molar-refractivity contribution in [1.29, 1.82) is 0 Å².